The van der Waals surface area contributed by atoms with Crippen LogP contribution in [0.2, 0.25) is 10.0 Å². The SMILES string of the molecule is C=CCC1OC1COc1ccc(Cl)cc1Cl. The number of benzene rings is 1. The van der Waals surface area contributed by atoms with Crippen molar-refractivity contribution in [2.75, 3.05) is 6.61 Å². The molecule has 0 saturated carbocycles. The number of hydrogen-bond donors (Lipinski definition) is 0. The maximum absolute atomic E-state index is 5.96. The Morgan fingerprint density at radius 1 is 1.38 bits per heavy atom. The van der Waals surface area contributed by atoms with Crippen molar-refractivity contribution in [3.8, 4) is 5.75 Å². The lowest BCUT2D eigenvalue weighted by Crippen LogP contribution is -2.07. The van der Waals surface area contributed by atoms with E-state index in [2.05, 4.69) is 6.58 Å². The Labute approximate surface area is 105 Å². The molecule has 0 radical (unpaired) electrons. The summed E-state index contributed by atoms with van der Waals surface area (Å²) in [7, 11) is 0. The highest BCUT2D eigenvalue weighted by molar-refractivity contribution is 6.35. The van der Waals surface area contributed by atoms with Crippen molar-refractivity contribution in [1.82, 2.24) is 0 Å². The van der Waals surface area contributed by atoms with Crippen molar-refractivity contribution in [1.29, 1.82) is 0 Å². The van der Waals surface area contributed by atoms with Gasteiger partial charge in [-0.15, -0.1) is 6.58 Å². The molecule has 0 aromatic heterocycles. The second kappa shape index (κ2) is 5.09. The molecule has 1 heterocycles. The third-order valence-electron chi connectivity index (χ3n) is 2.38. The molecule has 2 atom stereocenters. The van der Waals surface area contributed by atoms with Gasteiger partial charge < -0.3 is 9.47 Å². The van der Waals surface area contributed by atoms with Crippen LogP contribution in [0.1, 0.15) is 6.42 Å². The van der Waals surface area contributed by atoms with Crippen LogP contribution in [0.5, 0.6) is 5.75 Å². The molecule has 2 nitrogen and oxygen atoms in total. The summed E-state index contributed by atoms with van der Waals surface area (Å²) in [6, 6.07) is 5.17. The van der Waals surface area contributed by atoms with Crippen LogP contribution < -0.4 is 4.74 Å². The summed E-state index contributed by atoms with van der Waals surface area (Å²) in [5.74, 6) is 0.638. The monoisotopic (exact) mass is 258 g/mol. The van der Waals surface area contributed by atoms with Crippen LogP contribution in [0.15, 0.2) is 30.9 Å². The Balaban J connectivity index is 1.84. The maximum Gasteiger partial charge on any atom is 0.138 e. The standard InChI is InChI=1S/C12H12Cl2O2/c1-2-3-11-12(16-11)7-15-10-5-4-8(13)6-9(10)14/h2,4-6,11-12H,1,3,7H2. The number of epoxide rings is 1. The lowest BCUT2D eigenvalue weighted by atomic mass is 10.2. The van der Waals surface area contributed by atoms with Crippen LogP contribution >= 0.6 is 23.2 Å². The van der Waals surface area contributed by atoms with Gasteiger partial charge in [-0.05, 0) is 24.6 Å². The molecule has 2 rings (SSSR count). The van der Waals surface area contributed by atoms with Crippen LogP contribution in [0, 0.1) is 0 Å². The summed E-state index contributed by atoms with van der Waals surface area (Å²) in [4.78, 5) is 0. The van der Waals surface area contributed by atoms with Crippen molar-refractivity contribution in [2.24, 2.45) is 0 Å². The molecule has 1 aliphatic heterocycles. The first-order valence-electron chi connectivity index (χ1n) is 5.05. The molecule has 0 N–H and O–H groups in total. The highest BCUT2D eigenvalue weighted by Crippen LogP contribution is 2.30. The van der Waals surface area contributed by atoms with Crippen molar-refractivity contribution in [3.63, 3.8) is 0 Å². The van der Waals surface area contributed by atoms with Gasteiger partial charge in [-0.3, -0.25) is 0 Å². The molecule has 0 bridgehead atoms. The number of rotatable bonds is 5. The fraction of sp³-hybridized carbons (Fsp3) is 0.333. The molecule has 0 aliphatic carbocycles. The number of halogens is 2. The van der Waals surface area contributed by atoms with Gasteiger partial charge in [-0.2, -0.15) is 0 Å². The Bertz CT molecular complexity index is 393. The van der Waals surface area contributed by atoms with Gasteiger partial charge in [-0.1, -0.05) is 29.3 Å². The molecule has 16 heavy (non-hydrogen) atoms. The zero-order valence-electron chi connectivity index (χ0n) is 8.66. The molecule has 2 unspecified atom stereocenters. The predicted molar refractivity (Wildman–Crippen MR) is 65.4 cm³/mol. The third-order valence-corrected chi connectivity index (χ3v) is 2.91. The highest BCUT2D eigenvalue weighted by Gasteiger charge is 2.38. The van der Waals surface area contributed by atoms with Crippen LogP contribution in [0.3, 0.4) is 0 Å². The smallest absolute Gasteiger partial charge is 0.138 e. The number of ether oxygens (including phenoxy) is 2. The van der Waals surface area contributed by atoms with E-state index in [-0.39, 0.29) is 12.2 Å². The van der Waals surface area contributed by atoms with Crippen LogP contribution in [0.4, 0.5) is 0 Å². The van der Waals surface area contributed by atoms with Gasteiger partial charge in [0.2, 0.25) is 0 Å². The Morgan fingerprint density at radius 2 is 2.19 bits per heavy atom. The zero-order chi connectivity index (χ0) is 11.5. The first-order chi connectivity index (χ1) is 7.70. The van der Waals surface area contributed by atoms with Gasteiger partial charge in [0.15, 0.2) is 0 Å². The lowest BCUT2D eigenvalue weighted by Gasteiger charge is -2.06. The Kier molecular flexibility index (Phi) is 3.74. The van der Waals surface area contributed by atoms with E-state index in [1.807, 2.05) is 6.08 Å². The largest absolute Gasteiger partial charge is 0.489 e. The zero-order valence-corrected chi connectivity index (χ0v) is 10.2. The summed E-state index contributed by atoms with van der Waals surface area (Å²) >= 11 is 11.7. The third kappa shape index (κ3) is 2.91. The summed E-state index contributed by atoms with van der Waals surface area (Å²) in [5.41, 5.74) is 0. The topological polar surface area (TPSA) is 21.8 Å². The number of hydrogen-bond acceptors (Lipinski definition) is 2. The summed E-state index contributed by atoms with van der Waals surface area (Å²) in [6.07, 6.45) is 3.12. The van der Waals surface area contributed by atoms with Crippen molar-refractivity contribution in [3.05, 3.63) is 40.9 Å². The Morgan fingerprint density at radius 3 is 2.88 bits per heavy atom. The molecule has 1 saturated heterocycles. The lowest BCUT2D eigenvalue weighted by molar-refractivity contribution is 0.260. The van der Waals surface area contributed by atoms with Gasteiger partial charge >= 0.3 is 0 Å². The quantitative estimate of drug-likeness (QED) is 0.593. The fourth-order valence-corrected chi connectivity index (χ4v) is 1.92. The minimum Gasteiger partial charge on any atom is -0.489 e. The van der Waals surface area contributed by atoms with Crippen LogP contribution in [-0.2, 0) is 4.74 Å². The molecule has 0 spiro atoms. The van der Waals surface area contributed by atoms with E-state index < -0.39 is 0 Å². The fourth-order valence-electron chi connectivity index (χ4n) is 1.46. The summed E-state index contributed by atoms with van der Waals surface area (Å²) in [5, 5.41) is 1.12. The van der Waals surface area contributed by atoms with E-state index in [1.165, 1.54) is 0 Å². The highest BCUT2D eigenvalue weighted by atomic mass is 35.5. The predicted octanol–water partition coefficient (Wildman–Crippen LogP) is 3.72. The maximum atomic E-state index is 5.96. The van der Waals surface area contributed by atoms with E-state index in [0.29, 0.717) is 22.4 Å². The minimum absolute atomic E-state index is 0.157. The first kappa shape index (κ1) is 11.8. The molecular weight excluding hydrogens is 247 g/mol. The van der Waals surface area contributed by atoms with Gasteiger partial charge in [0.1, 0.15) is 18.5 Å². The van der Waals surface area contributed by atoms with Crippen molar-refractivity contribution in [2.45, 2.75) is 18.6 Å². The molecular formula is C12H12Cl2O2. The Hall–Kier alpha value is -0.700. The van der Waals surface area contributed by atoms with Gasteiger partial charge in [-0.25, -0.2) is 0 Å². The molecule has 1 aromatic rings. The normalized spacial score (nSPS) is 22.9. The van der Waals surface area contributed by atoms with E-state index in [0.717, 1.165) is 6.42 Å². The first-order valence-corrected chi connectivity index (χ1v) is 5.80. The van der Waals surface area contributed by atoms with Gasteiger partial charge in [0, 0.05) is 5.02 Å². The van der Waals surface area contributed by atoms with Gasteiger partial charge in [0.05, 0.1) is 11.1 Å². The molecule has 86 valence electrons. The van der Waals surface area contributed by atoms with Gasteiger partial charge in [0.25, 0.3) is 0 Å². The molecule has 1 aromatic carbocycles. The molecule has 1 aliphatic rings. The van der Waals surface area contributed by atoms with Crippen LogP contribution in [-0.4, -0.2) is 18.8 Å². The van der Waals surface area contributed by atoms with E-state index in [9.17, 15) is 0 Å². The van der Waals surface area contributed by atoms with E-state index in [4.69, 9.17) is 32.7 Å². The minimum atomic E-state index is 0.157. The van der Waals surface area contributed by atoms with E-state index >= 15 is 0 Å². The summed E-state index contributed by atoms with van der Waals surface area (Å²) < 4.78 is 10.9. The second-order valence-corrected chi connectivity index (χ2v) is 4.47. The van der Waals surface area contributed by atoms with Crippen LogP contribution in [0.25, 0.3) is 0 Å². The summed E-state index contributed by atoms with van der Waals surface area (Å²) in [6.45, 7) is 4.17. The molecule has 1 fully saturated rings. The molecule has 4 heteroatoms. The van der Waals surface area contributed by atoms with E-state index in [1.54, 1.807) is 18.2 Å². The molecule has 0 amide bonds. The van der Waals surface area contributed by atoms with Crippen molar-refractivity contribution >= 4 is 23.2 Å². The van der Waals surface area contributed by atoms with Crippen molar-refractivity contribution < 1.29 is 9.47 Å². The average molecular weight is 259 g/mol. The second-order valence-electron chi connectivity index (χ2n) is 3.62. The average Bonchev–Trinajstić information content (AvgIpc) is 2.96.